The molecule has 0 spiro atoms. The zero-order chi connectivity index (χ0) is 18.1. The van der Waals surface area contributed by atoms with Crippen molar-refractivity contribution in [2.45, 2.75) is 6.42 Å². The van der Waals surface area contributed by atoms with Crippen molar-refractivity contribution < 1.29 is 14.3 Å². The third-order valence-corrected chi connectivity index (χ3v) is 4.56. The van der Waals surface area contributed by atoms with Gasteiger partial charge in [-0.2, -0.15) is 0 Å². The van der Waals surface area contributed by atoms with Crippen LogP contribution in [0, 0.1) is 5.82 Å². The Morgan fingerprint density at radius 1 is 1.04 bits per heavy atom. The molecule has 0 saturated carbocycles. The minimum Gasteiger partial charge on any atom is -0.478 e. The van der Waals surface area contributed by atoms with Crippen LogP contribution in [0.4, 0.5) is 27.1 Å². The van der Waals surface area contributed by atoms with Crippen LogP contribution in [0.3, 0.4) is 0 Å². The van der Waals surface area contributed by atoms with Gasteiger partial charge < -0.3 is 15.3 Å². The van der Waals surface area contributed by atoms with E-state index in [0.717, 1.165) is 24.3 Å². The number of halogens is 1. The maximum absolute atomic E-state index is 13.1. The maximum atomic E-state index is 13.1. The fourth-order valence-corrected chi connectivity index (χ4v) is 3.29. The van der Waals surface area contributed by atoms with Crippen LogP contribution in [0.15, 0.2) is 66.7 Å². The Morgan fingerprint density at radius 3 is 2.58 bits per heavy atom. The van der Waals surface area contributed by atoms with Gasteiger partial charge in [0.05, 0.1) is 11.3 Å². The summed E-state index contributed by atoms with van der Waals surface area (Å²) in [5.74, 6) is -1.35. The first kappa shape index (κ1) is 16.1. The van der Waals surface area contributed by atoms with Crippen LogP contribution < -0.4 is 10.2 Å². The number of hydrogen-bond donors (Lipinski definition) is 2. The smallest absolute Gasteiger partial charge is 0.337 e. The van der Waals surface area contributed by atoms with Gasteiger partial charge in [-0.1, -0.05) is 18.2 Å². The topological polar surface area (TPSA) is 52.6 Å². The van der Waals surface area contributed by atoms with E-state index in [0.29, 0.717) is 11.4 Å². The van der Waals surface area contributed by atoms with Crippen molar-refractivity contribution in [2.24, 2.45) is 0 Å². The highest BCUT2D eigenvalue weighted by molar-refractivity contribution is 5.96. The minimum atomic E-state index is -1.01. The van der Waals surface area contributed by atoms with E-state index in [2.05, 4.69) is 22.3 Å². The van der Waals surface area contributed by atoms with Crippen molar-refractivity contribution in [2.75, 3.05) is 16.8 Å². The number of nitrogens with zero attached hydrogens (tertiary/aromatic N) is 1. The Morgan fingerprint density at radius 2 is 1.81 bits per heavy atom. The summed E-state index contributed by atoms with van der Waals surface area (Å²) >= 11 is 0. The minimum absolute atomic E-state index is 0.172. The van der Waals surface area contributed by atoms with E-state index in [4.69, 9.17) is 0 Å². The second-order valence-electron chi connectivity index (χ2n) is 6.20. The first-order valence-electron chi connectivity index (χ1n) is 8.37. The van der Waals surface area contributed by atoms with Crippen LogP contribution >= 0.6 is 0 Å². The largest absolute Gasteiger partial charge is 0.478 e. The number of anilines is 4. The van der Waals surface area contributed by atoms with E-state index in [1.165, 1.54) is 17.7 Å². The molecular weight excluding hydrogens is 331 g/mol. The Hall–Kier alpha value is -3.34. The molecule has 130 valence electrons. The van der Waals surface area contributed by atoms with E-state index < -0.39 is 5.97 Å². The van der Waals surface area contributed by atoms with Crippen LogP contribution in [-0.2, 0) is 6.42 Å². The predicted molar refractivity (Wildman–Crippen MR) is 100 cm³/mol. The van der Waals surface area contributed by atoms with Crippen LogP contribution in [-0.4, -0.2) is 17.6 Å². The number of carbonyl (C=O) groups is 1. The second kappa shape index (κ2) is 6.52. The molecule has 1 aliphatic rings. The summed E-state index contributed by atoms with van der Waals surface area (Å²) in [4.78, 5) is 13.8. The number of rotatable bonds is 4. The summed E-state index contributed by atoms with van der Waals surface area (Å²) < 4.78 is 13.1. The van der Waals surface area contributed by atoms with Gasteiger partial charge in [0.1, 0.15) is 5.82 Å². The monoisotopic (exact) mass is 348 g/mol. The molecule has 3 aromatic rings. The van der Waals surface area contributed by atoms with Crippen molar-refractivity contribution in [3.05, 3.63) is 83.7 Å². The number of benzene rings is 3. The molecule has 0 amide bonds. The van der Waals surface area contributed by atoms with E-state index in [1.807, 2.05) is 24.3 Å². The summed E-state index contributed by atoms with van der Waals surface area (Å²) in [5, 5.41) is 12.6. The molecule has 5 heteroatoms. The fraction of sp³-hybridized carbons (Fsp3) is 0.0952. The number of nitrogens with one attached hydrogen (secondary N) is 1. The lowest BCUT2D eigenvalue weighted by Crippen LogP contribution is -2.14. The molecule has 4 nitrogen and oxygen atoms in total. The molecule has 26 heavy (non-hydrogen) atoms. The highest BCUT2D eigenvalue weighted by atomic mass is 19.1. The van der Waals surface area contributed by atoms with Crippen molar-refractivity contribution in [3.63, 3.8) is 0 Å². The van der Waals surface area contributed by atoms with Gasteiger partial charge in [0, 0.05) is 23.6 Å². The molecule has 0 fully saturated rings. The molecule has 3 aromatic carbocycles. The summed E-state index contributed by atoms with van der Waals surface area (Å²) in [7, 11) is 0. The van der Waals surface area contributed by atoms with Gasteiger partial charge in [-0.15, -0.1) is 0 Å². The molecule has 1 heterocycles. The molecule has 1 aliphatic heterocycles. The average Bonchev–Trinajstić information content (AvgIpc) is 3.07. The molecule has 0 unspecified atom stereocenters. The molecule has 2 N–H and O–H groups in total. The van der Waals surface area contributed by atoms with Gasteiger partial charge in [0.25, 0.3) is 0 Å². The number of fused-ring (bicyclic) bond motifs is 1. The zero-order valence-corrected chi connectivity index (χ0v) is 13.9. The molecule has 4 rings (SSSR count). The number of aromatic carboxylic acids is 1. The lowest BCUT2D eigenvalue weighted by molar-refractivity contribution is 0.0698. The van der Waals surface area contributed by atoms with Crippen molar-refractivity contribution in [1.29, 1.82) is 0 Å². The fourth-order valence-electron chi connectivity index (χ4n) is 3.29. The number of para-hydroxylation sites is 1. The third kappa shape index (κ3) is 2.99. The summed E-state index contributed by atoms with van der Waals surface area (Å²) in [5.41, 5.74) is 4.63. The van der Waals surface area contributed by atoms with Gasteiger partial charge in [-0.05, 0) is 60.5 Å². The van der Waals surface area contributed by atoms with E-state index in [-0.39, 0.29) is 11.4 Å². The highest BCUT2D eigenvalue weighted by Crippen LogP contribution is 2.36. The van der Waals surface area contributed by atoms with Crippen LogP contribution in [0.5, 0.6) is 0 Å². The Bertz CT molecular complexity index is 970. The average molecular weight is 348 g/mol. The van der Waals surface area contributed by atoms with Crippen LogP contribution in [0.1, 0.15) is 15.9 Å². The summed E-state index contributed by atoms with van der Waals surface area (Å²) in [6.45, 7) is 0.849. The van der Waals surface area contributed by atoms with E-state index in [9.17, 15) is 14.3 Å². The Balaban J connectivity index is 1.72. The lowest BCUT2D eigenvalue weighted by Gasteiger charge is -2.21. The zero-order valence-electron chi connectivity index (χ0n) is 13.9. The molecular formula is C21H17FN2O2. The van der Waals surface area contributed by atoms with Crippen molar-refractivity contribution in [3.8, 4) is 0 Å². The van der Waals surface area contributed by atoms with Gasteiger partial charge in [0.2, 0.25) is 0 Å². The van der Waals surface area contributed by atoms with Gasteiger partial charge in [-0.25, -0.2) is 9.18 Å². The summed E-state index contributed by atoms with van der Waals surface area (Å²) in [6, 6.07) is 19.3. The van der Waals surface area contributed by atoms with E-state index in [1.54, 1.807) is 18.2 Å². The number of carboxylic acid groups (broad SMARTS) is 1. The number of carboxylic acids is 1. The van der Waals surface area contributed by atoms with Crippen LogP contribution in [0.25, 0.3) is 0 Å². The molecule has 0 aromatic heterocycles. The molecule has 0 saturated heterocycles. The normalized spacial score (nSPS) is 12.7. The summed E-state index contributed by atoms with van der Waals surface area (Å²) in [6.07, 6.45) is 0.956. The van der Waals surface area contributed by atoms with Crippen molar-refractivity contribution in [1.82, 2.24) is 0 Å². The second-order valence-corrected chi connectivity index (χ2v) is 6.20. The quantitative estimate of drug-likeness (QED) is 0.699. The molecule has 0 atom stereocenters. The first-order valence-corrected chi connectivity index (χ1v) is 8.37. The molecule has 0 aliphatic carbocycles. The van der Waals surface area contributed by atoms with Gasteiger partial charge in [0.15, 0.2) is 0 Å². The maximum Gasteiger partial charge on any atom is 0.337 e. The molecule has 0 bridgehead atoms. The van der Waals surface area contributed by atoms with E-state index >= 15 is 0 Å². The SMILES string of the molecule is O=C(O)c1ccc(N2CCc3ccccc32)cc1Nc1ccc(F)cc1. The predicted octanol–water partition coefficient (Wildman–Crippen LogP) is 4.96. The van der Waals surface area contributed by atoms with Crippen LogP contribution in [0.2, 0.25) is 0 Å². The van der Waals surface area contributed by atoms with Gasteiger partial charge >= 0.3 is 5.97 Å². The Kier molecular flexibility index (Phi) is 4.05. The third-order valence-electron chi connectivity index (χ3n) is 4.56. The van der Waals surface area contributed by atoms with Gasteiger partial charge in [-0.3, -0.25) is 0 Å². The highest BCUT2D eigenvalue weighted by Gasteiger charge is 2.21. The van der Waals surface area contributed by atoms with Crippen molar-refractivity contribution >= 4 is 28.7 Å². The number of hydrogen-bond acceptors (Lipinski definition) is 3. The first-order chi connectivity index (χ1) is 12.6. The molecule has 0 radical (unpaired) electrons. The standard InChI is InChI=1S/C21H17FN2O2/c22-15-5-7-16(8-6-15)23-19-13-17(9-10-18(19)21(25)26)24-12-11-14-3-1-2-4-20(14)24/h1-10,13,23H,11-12H2,(H,25,26). The Labute approximate surface area is 150 Å². The lowest BCUT2D eigenvalue weighted by atomic mass is 10.1.